The molecule has 21 heavy (non-hydrogen) atoms. The van der Waals surface area contributed by atoms with Gasteiger partial charge in [-0.25, -0.2) is 0 Å². The fourth-order valence-corrected chi connectivity index (χ4v) is 2.35. The molecular formula is C19H22O2. The summed E-state index contributed by atoms with van der Waals surface area (Å²) in [5.74, 6) is 0.450. The summed E-state index contributed by atoms with van der Waals surface area (Å²) in [4.78, 5) is 11.9. The van der Waals surface area contributed by atoms with Crippen molar-refractivity contribution in [2.24, 2.45) is 5.41 Å². The Kier molecular flexibility index (Phi) is 5.15. The second kappa shape index (κ2) is 7.07. The molecule has 110 valence electrons. The molecule has 0 atom stereocenters. The highest BCUT2D eigenvalue weighted by molar-refractivity contribution is 5.72. The standard InChI is InChI=1S/C19H22O2/c1-19(2,15-16-9-5-3-6-10-16)14-13-18(20)21-17-11-7-4-8-12-17/h3-12H,13-15H2,1-2H3. The first-order valence-corrected chi connectivity index (χ1v) is 7.35. The Morgan fingerprint density at radius 2 is 1.52 bits per heavy atom. The summed E-state index contributed by atoms with van der Waals surface area (Å²) in [5, 5.41) is 0. The van der Waals surface area contributed by atoms with Crippen LogP contribution in [0.5, 0.6) is 5.75 Å². The second-order valence-corrected chi connectivity index (χ2v) is 6.11. The van der Waals surface area contributed by atoms with Gasteiger partial charge in [0.1, 0.15) is 5.75 Å². The molecule has 0 aromatic heterocycles. The van der Waals surface area contributed by atoms with Crippen LogP contribution in [-0.4, -0.2) is 5.97 Å². The Morgan fingerprint density at radius 3 is 2.14 bits per heavy atom. The molecule has 0 bridgehead atoms. The summed E-state index contributed by atoms with van der Waals surface area (Å²) >= 11 is 0. The van der Waals surface area contributed by atoms with E-state index < -0.39 is 0 Å². The number of benzene rings is 2. The molecule has 2 rings (SSSR count). The van der Waals surface area contributed by atoms with E-state index in [1.54, 1.807) is 12.1 Å². The van der Waals surface area contributed by atoms with Crippen LogP contribution in [-0.2, 0) is 11.2 Å². The Balaban J connectivity index is 1.82. The molecule has 0 heterocycles. The molecule has 2 aromatic rings. The molecule has 0 saturated carbocycles. The maximum atomic E-state index is 11.9. The van der Waals surface area contributed by atoms with Crippen molar-refractivity contribution in [1.29, 1.82) is 0 Å². The van der Waals surface area contributed by atoms with Crippen LogP contribution in [0.1, 0.15) is 32.3 Å². The Hall–Kier alpha value is -2.09. The van der Waals surface area contributed by atoms with Gasteiger partial charge in [-0.3, -0.25) is 4.79 Å². The van der Waals surface area contributed by atoms with E-state index in [1.807, 2.05) is 24.3 Å². The van der Waals surface area contributed by atoms with Crippen molar-refractivity contribution in [2.75, 3.05) is 0 Å². The van der Waals surface area contributed by atoms with E-state index in [2.05, 4.69) is 38.1 Å². The predicted molar refractivity (Wildman–Crippen MR) is 85.2 cm³/mol. The number of ether oxygens (including phenoxy) is 1. The number of hydrogen-bond acceptors (Lipinski definition) is 2. The number of rotatable bonds is 6. The highest BCUT2D eigenvalue weighted by atomic mass is 16.5. The zero-order valence-electron chi connectivity index (χ0n) is 12.7. The average Bonchev–Trinajstić information content (AvgIpc) is 2.47. The number of para-hydroxylation sites is 1. The van der Waals surface area contributed by atoms with Gasteiger partial charge in [0, 0.05) is 6.42 Å². The fourth-order valence-electron chi connectivity index (χ4n) is 2.35. The molecule has 0 aliphatic carbocycles. The monoisotopic (exact) mass is 282 g/mol. The van der Waals surface area contributed by atoms with Crippen LogP contribution in [0.3, 0.4) is 0 Å². The molecule has 0 radical (unpaired) electrons. The van der Waals surface area contributed by atoms with E-state index in [4.69, 9.17) is 4.74 Å². The normalized spacial score (nSPS) is 11.1. The molecule has 0 amide bonds. The molecule has 0 aliphatic heterocycles. The molecule has 0 N–H and O–H groups in total. The first-order chi connectivity index (χ1) is 10.1. The molecule has 2 nitrogen and oxygen atoms in total. The Labute approximate surface area is 126 Å². The Bertz CT molecular complexity index is 559. The van der Waals surface area contributed by atoms with Gasteiger partial charge in [-0.15, -0.1) is 0 Å². The van der Waals surface area contributed by atoms with Gasteiger partial charge in [0.25, 0.3) is 0 Å². The minimum Gasteiger partial charge on any atom is -0.427 e. The van der Waals surface area contributed by atoms with Gasteiger partial charge in [0.15, 0.2) is 0 Å². The Morgan fingerprint density at radius 1 is 0.952 bits per heavy atom. The van der Waals surface area contributed by atoms with Gasteiger partial charge < -0.3 is 4.74 Å². The van der Waals surface area contributed by atoms with E-state index in [9.17, 15) is 4.79 Å². The van der Waals surface area contributed by atoms with E-state index in [1.165, 1.54) is 5.56 Å². The number of esters is 1. The lowest BCUT2D eigenvalue weighted by atomic mass is 9.81. The molecule has 0 unspecified atom stereocenters. The highest BCUT2D eigenvalue weighted by Crippen LogP contribution is 2.27. The maximum absolute atomic E-state index is 11.9. The molecule has 2 heteroatoms. The van der Waals surface area contributed by atoms with Gasteiger partial charge in [0.05, 0.1) is 0 Å². The number of hydrogen-bond donors (Lipinski definition) is 0. The highest BCUT2D eigenvalue weighted by Gasteiger charge is 2.20. The third-order valence-corrected chi connectivity index (χ3v) is 3.51. The van der Waals surface area contributed by atoms with E-state index in [0.717, 1.165) is 12.8 Å². The SMILES string of the molecule is CC(C)(CCC(=O)Oc1ccccc1)Cc1ccccc1. The van der Waals surface area contributed by atoms with Crippen LogP contribution in [0.4, 0.5) is 0 Å². The first kappa shape index (κ1) is 15.3. The molecule has 0 fully saturated rings. The largest absolute Gasteiger partial charge is 0.427 e. The topological polar surface area (TPSA) is 26.3 Å². The van der Waals surface area contributed by atoms with Crippen molar-refractivity contribution in [3.63, 3.8) is 0 Å². The van der Waals surface area contributed by atoms with Crippen LogP contribution in [0, 0.1) is 5.41 Å². The smallest absolute Gasteiger partial charge is 0.311 e. The number of carbonyl (C=O) groups is 1. The second-order valence-electron chi connectivity index (χ2n) is 6.11. The summed E-state index contributed by atoms with van der Waals surface area (Å²) < 4.78 is 5.32. The van der Waals surface area contributed by atoms with E-state index in [-0.39, 0.29) is 11.4 Å². The molecular weight excluding hydrogens is 260 g/mol. The first-order valence-electron chi connectivity index (χ1n) is 7.35. The predicted octanol–water partition coefficient (Wildman–Crippen LogP) is 4.64. The fraction of sp³-hybridized carbons (Fsp3) is 0.316. The minimum atomic E-state index is -0.165. The van der Waals surface area contributed by atoms with Gasteiger partial charge in [-0.2, -0.15) is 0 Å². The van der Waals surface area contributed by atoms with Crippen molar-refractivity contribution in [2.45, 2.75) is 33.1 Å². The van der Waals surface area contributed by atoms with Crippen LogP contribution in [0.15, 0.2) is 60.7 Å². The third-order valence-electron chi connectivity index (χ3n) is 3.51. The molecule has 0 aliphatic rings. The van der Waals surface area contributed by atoms with E-state index >= 15 is 0 Å². The van der Waals surface area contributed by atoms with Crippen molar-refractivity contribution < 1.29 is 9.53 Å². The van der Waals surface area contributed by atoms with Crippen LogP contribution >= 0.6 is 0 Å². The van der Waals surface area contributed by atoms with Gasteiger partial charge in [-0.1, -0.05) is 62.4 Å². The molecule has 2 aromatic carbocycles. The average molecular weight is 282 g/mol. The maximum Gasteiger partial charge on any atom is 0.311 e. The van der Waals surface area contributed by atoms with Crippen LogP contribution in [0.25, 0.3) is 0 Å². The summed E-state index contributed by atoms with van der Waals surface area (Å²) in [6, 6.07) is 19.6. The van der Waals surface area contributed by atoms with Crippen LogP contribution < -0.4 is 4.74 Å². The van der Waals surface area contributed by atoms with Gasteiger partial charge in [-0.05, 0) is 36.0 Å². The van der Waals surface area contributed by atoms with E-state index in [0.29, 0.717) is 12.2 Å². The van der Waals surface area contributed by atoms with Crippen molar-refractivity contribution in [3.05, 3.63) is 66.2 Å². The summed E-state index contributed by atoms with van der Waals surface area (Å²) in [6.07, 6.45) is 2.22. The quantitative estimate of drug-likeness (QED) is 0.570. The van der Waals surface area contributed by atoms with Crippen molar-refractivity contribution in [3.8, 4) is 5.75 Å². The lowest BCUT2D eigenvalue weighted by Gasteiger charge is -2.24. The molecule has 0 saturated heterocycles. The summed E-state index contributed by atoms with van der Waals surface area (Å²) in [5.41, 5.74) is 1.38. The lowest BCUT2D eigenvalue weighted by molar-refractivity contribution is -0.135. The zero-order chi connectivity index (χ0) is 15.1. The van der Waals surface area contributed by atoms with Crippen molar-refractivity contribution >= 4 is 5.97 Å². The van der Waals surface area contributed by atoms with Crippen molar-refractivity contribution in [1.82, 2.24) is 0 Å². The summed E-state index contributed by atoms with van der Waals surface area (Å²) in [6.45, 7) is 4.38. The van der Waals surface area contributed by atoms with Gasteiger partial charge in [0.2, 0.25) is 0 Å². The molecule has 0 spiro atoms. The number of carbonyl (C=O) groups excluding carboxylic acids is 1. The minimum absolute atomic E-state index is 0.0804. The zero-order valence-corrected chi connectivity index (χ0v) is 12.7. The van der Waals surface area contributed by atoms with Crippen LogP contribution in [0.2, 0.25) is 0 Å². The third kappa shape index (κ3) is 5.42. The van der Waals surface area contributed by atoms with Gasteiger partial charge >= 0.3 is 5.97 Å². The lowest BCUT2D eigenvalue weighted by Crippen LogP contribution is -2.18. The summed E-state index contributed by atoms with van der Waals surface area (Å²) in [7, 11) is 0.